The molecule has 0 aliphatic heterocycles. The monoisotopic (exact) mass is 599 g/mol. The van der Waals surface area contributed by atoms with Crippen LogP contribution in [0.4, 0.5) is 21.5 Å². The van der Waals surface area contributed by atoms with Crippen LogP contribution in [-0.4, -0.2) is 29.8 Å². The molecule has 0 saturated heterocycles. The quantitative estimate of drug-likeness (QED) is 0.195. The van der Waals surface area contributed by atoms with Crippen LogP contribution in [0, 0.1) is 17.1 Å². The van der Waals surface area contributed by atoms with Crippen LogP contribution in [0.1, 0.15) is 42.8 Å². The topological polar surface area (TPSA) is 109 Å². The average Bonchev–Trinajstić information content (AvgIpc) is 3.62. The first-order valence-electron chi connectivity index (χ1n) is 13.1. The number of aryl methyl sites for hydroxylation is 1. The minimum atomic E-state index is -0.541. The molecule has 1 unspecified atom stereocenters. The van der Waals surface area contributed by atoms with Crippen LogP contribution in [0.25, 0.3) is 21.8 Å². The second-order valence-electron chi connectivity index (χ2n) is 10.1. The molecule has 0 saturated carbocycles. The van der Waals surface area contributed by atoms with Gasteiger partial charge in [0, 0.05) is 41.4 Å². The lowest BCUT2D eigenvalue weighted by molar-refractivity contribution is 0.514. The molecule has 0 aliphatic rings. The Morgan fingerprint density at radius 2 is 1.81 bits per heavy atom. The Labute approximate surface area is 250 Å². The van der Waals surface area contributed by atoms with Gasteiger partial charge < -0.3 is 10.6 Å². The van der Waals surface area contributed by atoms with Gasteiger partial charge >= 0.3 is 0 Å². The van der Waals surface area contributed by atoms with E-state index in [0.29, 0.717) is 38.7 Å². The van der Waals surface area contributed by atoms with Gasteiger partial charge in [0.15, 0.2) is 0 Å². The van der Waals surface area contributed by atoms with Gasteiger partial charge in [0.25, 0.3) is 0 Å². The van der Waals surface area contributed by atoms with Crippen molar-refractivity contribution >= 4 is 62.1 Å². The zero-order chi connectivity index (χ0) is 29.5. The second-order valence-corrected chi connectivity index (χ2v) is 10.9. The van der Waals surface area contributed by atoms with Crippen molar-refractivity contribution < 1.29 is 4.39 Å². The molecular formula is C30H24Cl2FN9. The highest BCUT2D eigenvalue weighted by atomic mass is 35.5. The fraction of sp³-hybridized carbons (Fsp3) is 0.167. The van der Waals surface area contributed by atoms with Gasteiger partial charge in [0.1, 0.15) is 17.6 Å². The lowest BCUT2D eigenvalue weighted by atomic mass is 9.99. The van der Waals surface area contributed by atoms with E-state index in [1.54, 1.807) is 16.8 Å². The number of hydrogen-bond acceptors (Lipinski definition) is 7. The predicted molar refractivity (Wildman–Crippen MR) is 163 cm³/mol. The number of nitrogens with zero attached hydrogens (tertiary/aromatic N) is 7. The number of rotatable bonds is 7. The van der Waals surface area contributed by atoms with E-state index in [2.05, 4.69) is 37.1 Å². The third-order valence-electron chi connectivity index (χ3n) is 7.03. The first-order chi connectivity index (χ1) is 20.2. The molecule has 2 N–H and O–H groups in total. The molecule has 3 aromatic heterocycles. The average molecular weight is 600 g/mol. The molecule has 3 heterocycles. The van der Waals surface area contributed by atoms with Crippen molar-refractivity contribution in [1.29, 1.82) is 5.26 Å². The van der Waals surface area contributed by atoms with E-state index in [-0.39, 0.29) is 16.6 Å². The van der Waals surface area contributed by atoms with Crippen LogP contribution in [0.5, 0.6) is 0 Å². The zero-order valence-corrected chi connectivity index (χ0v) is 24.3. The van der Waals surface area contributed by atoms with Gasteiger partial charge in [0.05, 0.1) is 50.8 Å². The van der Waals surface area contributed by atoms with Crippen molar-refractivity contribution in [3.05, 3.63) is 99.8 Å². The van der Waals surface area contributed by atoms with Crippen LogP contribution in [-0.2, 0) is 7.05 Å². The summed E-state index contributed by atoms with van der Waals surface area (Å²) in [5, 5.41) is 31.9. The number of pyridine rings is 1. The molecule has 3 aromatic carbocycles. The molecule has 6 rings (SSSR count). The van der Waals surface area contributed by atoms with Crippen molar-refractivity contribution in [2.45, 2.75) is 25.9 Å². The van der Waals surface area contributed by atoms with Gasteiger partial charge in [0.2, 0.25) is 0 Å². The molecule has 0 radical (unpaired) electrons. The van der Waals surface area contributed by atoms with Gasteiger partial charge in [-0.15, -0.1) is 5.10 Å². The van der Waals surface area contributed by atoms with Crippen molar-refractivity contribution in [1.82, 2.24) is 29.8 Å². The van der Waals surface area contributed by atoms with Crippen LogP contribution in [0.2, 0.25) is 10.0 Å². The Morgan fingerprint density at radius 1 is 1.00 bits per heavy atom. The largest absolute Gasteiger partial charge is 0.373 e. The molecule has 0 aliphatic carbocycles. The molecule has 1 atom stereocenters. The third-order valence-corrected chi connectivity index (χ3v) is 7.61. The summed E-state index contributed by atoms with van der Waals surface area (Å²) in [5.41, 5.74) is 5.05. The minimum Gasteiger partial charge on any atom is -0.373 e. The van der Waals surface area contributed by atoms with Crippen LogP contribution in [0.15, 0.2) is 67.1 Å². The van der Waals surface area contributed by atoms with Gasteiger partial charge in [-0.25, -0.2) is 9.07 Å². The molecule has 42 heavy (non-hydrogen) atoms. The summed E-state index contributed by atoms with van der Waals surface area (Å²) < 4.78 is 17.5. The van der Waals surface area contributed by atoms with E-state index in [0.717, 1.165) is 16.5 Å². The maximum absolute atomic E-state index is 13.8. The minimum absolute atomic E-state index is 0.0425. The summed E-state index contributed by atoms with van der Waals surface area (Å²) in [7, 11) is 1.90. The summed E-state index contributed by atoms with van der Waals surface area (Å²) in [5.74, 6) is -0.541. The summed E-state index contributed by atoms with van der Waals surface area (Å²) in [4.78, 5) is 4.44. The van der Waals surface area contributed by atoms with E-state index < -0.39 is 11.9 Å². The van der Waals surface area contributed by atoms with Gasteiger partial charge in [-0.3, -0.25) is 9.67 Å². The van der Waals surface area contributed by atoms with E-state index in [9.17, 15) is 9.65 Å². The molecule has 0 spiro atoms. The van der Waals surface area contributed by atoms with E-state index in [1.807, 2.05) is 62.2 Å². The smallest absolute Gasteiger partial charge is 0.141 e. The summed E-state index contributed by atoms with van der Waals surface area (Å²) in [6.45, 7) is 4.07. The Balaban J connectivity index is 1.50. The number of nitriles is 1. The Kier molecular flexibility index (Phi) is 7.14. The van der Waals surface area contributed by atoms with Crippen molar-refractivity contribution in [3.8, 4) is 6.07 Å². The highest BCUT2D eigenvalue weighted by molar-refractivity contribution is 6.36. The number of halogens is 3. The standard InChI is InChI=1S/C30H24Cl2FN9/c1-16(2)42-15-26(39-40-42)30(20-5-4-6-27-22(20)14-36-41(27)3)38-19-9-21-28(37-18-7-8-25(33)23(31)10-18)17(12-34)13-35-29(21)24(32)11-19/h4-11,13-16,30,38H,1-3H3,(H,35,37). The molecule has 0 bridgehead atoms. The highest BCUT2D eigenvalue weighted by Crippen LogP contribution is 2.38. The maximum Gasteiger partial charge on any atom is 0.141 e. The van der Waals surface area contributed by atoms with Crippen molar-refractivity contribution in [3.63, 3.8) is 0 Å². The molecule has 0 fully saturated rings. The molecule has 6 aromatic rings. The van der Waals surface area contributed by atoms with E-state index in [1.165, 1.54) is 18.3 Å². The number of fused-ring (bicyclic) bond motifs is 2. The normalized spacial score (nSPS) is 12.1. The van der Waals surface area contributed by atoms with Crippen molar-refractivity contribution in [2.75, 3.05) is 10.6 Å². The van der Waals surface area contributed by atoms with Gasteiger partial charge in [-0.2, -0.15) is 10.4 Å². The SMILES string of the molecule is CC(C)n1cc(C(Nc2cc(Cl)c3ncc(C#N)c(Nc4ccc(F)c(Cl)c4)c3c2)c2cccc3c2cnn3C)nn1. The highest BCUT2D eigenvalue weighted by Gasteiger charge is 2.23. The summed E-state index contributed by atoms with van der Waals surface area (Å²) in [6, 6.07) is 15.8. The summed E-state index contributed by atoms with van der Waals surface area (Å²) in [6.07, 6.45) is 5.20. The first kappa shape index (κ1) is 27.4. The third kappa shape index (κ3) is 4.98. The maximum atomic E-state index is 13.8. The zero-order valence-electron chi connectivity index (χ0n) is 22.8. The van der Waals surface area contributed by atoms with Gasteiger partial charge in [-0.05, 0) is 55.8 Å². The fourth-order valence-corrected chi connectivity index (χ4v) is 5.33. The number of nitrogens with one attached hydrogen (secondary N) is 2. The van der Waals surface area contributed by atoms with Crippen LogP contribution in [0.3, 0.4) is 0 Å². The summed E-state index contributed by atoms with van der Waals surface area (Å²) >= 11 is 12.8. The number of anilines is 3. The Hall–Kier alpha value is -4.72. The van der Waals surface area contributed by atoms with Crippen molar-refractivity contribution in [2.24, 2.45) is 7.05 Å². The number of benzene rings is 3. The molecule has 210 valence electrons. The lowest BCUT2D eigenvalue weighted by Gasteiger charge is -2.21. The van der Waals surface area contributed by atoms with Crippen LogP contribution >= 0.6 is 23.2 Å². The fourth-order valence-electron chi connectivity index (χ4n) is 4.88. The second kappa shape index (κ2) is 10.9. The van der Waals surface area contributed by atoms with Crippen LogP contribution < -0.4 is 10.6 Å². The predicted octanol–water partition coefficient (Wildman–Crippen LogP) is 7.56. The van der Waals surface area contributed by atoms with E-state index >= 15 is 0 Å². The number of aromatic nitrogens is 6. The van der Waals surface area contributed by atoms with E-state index in [4.69, 9.17) is 23.2 Å². The lowest BCUT2D eigenvalue weighted by Crippen LogP contribution is -2.14. The first-order valence-corrected chi connectivity index (χ1v) is 13.8. The molecular weight excluding hydrogens is 576 g/mol. The molecule has 0 amide bonds. The Bertz CT molecular complexity index is 2010. The van der Waals surface area contributed by atoms with Gasteiger partial charge in [-0.1, -0.05) is 40.5 Å². The number of hydrogen-bond donors (Lipinski definition) is 2. The molecule has 12 heteroatoms. The molecule has 9 nitrogen and oxygen atoms in total. The Morgan fingerprint density at radius 3 is 2.55 bits per heavy atom.